The minimum atomic E-state index is -0.326. The number of nitrogens with one attached hydrogen (secondary N) is 1. The van der Waals surface area contributed by atoms with E-state index in [1.807, 2.05) is 44.2 Å². The molecule has 4 aromatic rings. The van der Waals surface area contributed by atoms with Crippen LogP contribution in [-0.4, -0.2) is 16.6 Å². The van der Waals surface area contributed by atoms with Crippen LogP contribution in [0, 0.1) is 13.8 Å². The number of aromatic nitrogens is 1. The summed E-state index contributed by atoms with van der Waals surface area (Å²) in [6.07, 6.45) is 0. The van der Waals surface area contributed by atoms with E-state index < -0.39 is 0 Å². The summed E-state index contributed by atoms with van der Waals surface area (Å²) >= 11 is 12.3. The minimum absolute atomic E-state index is 0.326. The molecule has 0 saturated carbocycles. The molecule has 0 radical (unpaired) electrons. The fraction of sp³-hybridized carbons (Fsp3) is 0.115. The van der Waals surface area contributed by atoms with Gasteiger partial charge in [-0.3, -0.25) is 4.79 Å². The van der Waals surface area contributed by atoms with Crippen molar-refractivity contribution in [1.29, 1.82) is 0 Å². The number of hydrazone groups is 1. The summed E-state index contributed by atoms with van der Waals surface area (Å²) in [6.45, 7) is 5.84. The molecule has 4 rings (SSSR count). The number of nitrogens with zero attached hydrogens (tertiary/aromatic N) is 2. The van der Waals surface area contributed by atoms with Gasteiger partial charge in [-0.1, -0.05) is 59.1 Å². The SMILES string of the molecule is CC(=NNC(=O)c1cc(-c2cc(C)ccc2C)nc2ccccc12)c1cc(Cl)ccc1Cl. The zero-order chi connectivity index (χ0) is 22.8. The van der Waals surface area contributed by atoms with Crippen LogP contribution < -0.4 is 5.43 Å². The van der Waals surface area contributed by atoms with Crippen LogP contribution >= 0.6 is 23.2 Å². The molecule has 1 N–H and O–H groups in total. The number of aryl methyl sites for hydroxylation is 2. The molecule has 0 fully saturated rings. The van der Waals surface area contributed by atoms with Gasteiger partial charge in [-0.15, -0.1) is 0 Å². The summed E-state index contributed by atoms with van der Waals surface area (Å²) in [4.78, 5) is 18.0. The predicted molar refractivity (Wildman–Crippen MR) is 133 cm³/mol. The Morgan fingerprint density at radius 2 is 1.72 bits per heavy atom. The van der Waals surface area contributed by atoms with Gasteiger partial charge in [0.1, 0.15) is 0 Å². The van der Waals surface area contributed by atoms with E-state index in [0.29, 0.717) is 26.9 Å². The van der Waals surface area contributed by atoms with E-state index in [2.05, 4.69) is 28.7 Å². The van der Waals surface area contributed by atoms with Crippen molar-refractivity contribution in [3.63, 3.8) is 0 Å². The number of para-hydroxylation sites is 1. The molecule has 32 heavy (non-hydrogen) atoms. The molecule has 0 aliphatic carbocycles. The van der Waals surface area contributed by atoms with Crippen LogP contribution in [0.3, 0.4) is 0 Å². The van der Waals surface area contributed by atoms with Gasteiger partial charge in [0.15, 0.2) is 0 Å². The molecule has 3 aromatic carbocycles. The lowest BCUT2D eigenvalue weighted by molar-refractivity contribution is 0.0956. The van der Waals surface area contributed by atoms with Gasteiger partial charge in [0.05, 0.1) is 22.5 Å². The standard InChI is InChI=1S/C26H21Cl2N3O/c1-15-8-9-16(2)20(12-15)25-14-22(19-6-4-5-7-24(19)29-25)26(32)31-30-17(3)21-13-18(27)10-11-23(21)28/h4-14H,1-3H3,(H,31,32). The number of carbonyl (C=O) groups excluding carboxylic acids is 1. The predicted octanol–water partition coefficient (Wildman–Crippen LogP) is 6.98. The number of amides is 1. The molecule has 0 atom stereocenters. The lowest BCUT2D eigenvalue weighted by atomic mass is 9.99. The van der Waals surface area contributed by atoms with Crippen LogP contribution in [0.2, 0.25) is 10.0 Å². The second-order valence-electron chi connectivity index (χ2n) is 7.65. The fourth-order valence-corrected chi connectivity index (χ4v) is 3.97. The maximum Gasteiger partial charge on any atom is 0.272 e. The molecule has 0 spiro atoms. The average Bonchev–Trinajstić information content (AvgIpc) is 2.79. The van der Waals surface area contributed by atoms with E-state index in [0.717, 1.165) is 33.3 Å². The first-order valence-electron chi connectivity index (χ1n) is 10.1. The number of hydrogen-bond acceptors (Lipinski definition) is 3. The van der Waals surface area contributed by atoms with Crippen LogP contribution in [-0.2, 0) is 0 Å². The molecule has 0 aliphatic heterocycles. The van der Waals surface area contributed by atoms with Crippen LogP contribution in [0.5, 0.6) is 0 Å². The van der Waals surface area contributed by atoms with Crippen molar-refractivity contribution < 1.29 is 4.79 Å². The first-order valence-corrected chi connectivity index (χ1v) is 10.9. The maximum atomic E-state index is 13.2. The summed E-state index contributed by atoms with van der Waals surface area (Å²) in [7, 11) is 0. The van der Waals surface area contributed by atoms with Crippen LogP contribution in [0.25, 0.3) is 22.2 Å². The van der Waals surface area contributed by atoms with Gasteiger partial charge in [0, 0.05) is 26.6 Å². The lowest BCUT2D eigenvalue weighted by Crippen LogP contribution is -2.20. The molecule has 4 nitrogen and oxygen atoms in total. The van der Waals surface area contributed by atoms with Crippen molar-refractivity contribution in [2.75, 3.05) is 0 Å². The topological polar surface area (TPSA) is 54.4 Å². The van der Waals surface area contributed by atoms with Crippen molar-refractivity contribution in [1.82, 2.24) is 10.4 Å². The van der Waals surface area contributed by atoms with Gasteiger partial charge < -0.3 is 0 Å². The molecular formula is C26H21Cl2N3O. The summed E-state index contributed by atoms with van der Waals surface area (Å²) in [6, 6.07) is 20.7. The normalized spacial score (nSPS) is 11.6. The first-order chi connectivity index (χ1) is 15.3. The van der Waals surface area contributed by atoms with Crippen molar-refractivity contribution in [3.05, 3.63) is 99.0 Å². The highest BCUT2D eigenvalue weighted by atomic mass is 35.5. The number of benzene rings is 3. The van der Waals surface area contributed by atoms with E-state index in [4.69, 9.17) is 28.2 Å². The van der Waals surface area contributed by atoms with E-state index in [-0.39, 0.29) is 5.91 Å². The highest BCUT2D eigenvalue weighted by Gasteiger charge is 2.15. The van der Waals surface area contributed by atoms with Gasteiger partial charge in [0.2, 0.25) is 0 Å². The quantitative estimate of drug-likeness (QED) is 0.263. The summed E-state index contributed by atoms with van der Waals surface area (Å²) in [5.41, 5.74) is 9.08. The molecule has 1 aromatic heterocycles. The highest BCUT2D eigenvalue weighted by molar-refractivity contribution is 6.36. The molecule has 0 aliphatic rings. The second-order valence-corrected chi connectivity index (χ2v) is 8.50. The summed E-state index contributed by atoms with van der Waals surface area (Å²) < 4.78 is 0. The fourth-order valence-electron chi connectivity index (χ4n) is 3.54. The molecule has 0 bridgehead atoms. The highest BCUT2D eigenvalue weighted by Crippen LogP contribution is 2.28. The molecule has 1 heterocycles. The van der Waals surface area contributed by atoms with Crippen molar-refractivity contribution >= 4 is 45.7 Å². The third kappa shape index (κ3) is 4.52. The van der Waals surface area contributed by atoms with Gasteiger partial charge in [-0.2, -0.15) is 5.10 Å². The van der Waals surface area contributed by atoms with Crippen molar-refractivity contribution in [2.45, 2.75) is 20.8 Å². The Balaban J connectivity index is 1.75. The Morgan fingerprint density at radius 3 is 2.53 bits per heavy atom. The lowest BCUT2D eigenvalue weighted by Gasteiger charge is -2.12. The molecule has 1 amide bonds. The third-order valence-electron chi connectivity index (χ3n) is 5.27. The van der Waals surface area contributed by atoms with Gasteiger partial charge >= 0.3 is 0 Å². The Bertz CT molecular complexity index is 1380. The van der Waals surface area contributed by atoms with Gasteiger partial charge in [-0.25, -0.2) is 10.4 Å². The maximum absolute atomic E-state index is 13.2. The van der Waals surface area contributed by atoms with Gasteiger partial charge in [-0.05, 0) is 62.7 Å². The Kier molecular flexibility index (Phi) is 6.26. The van der Waals surface area contributed by atoms with Crippen LogP contribution in [0.4, 0.5) is 0 Å². The molecule has 0 saturated heterocycles. The summed E-state index contributed by atoms with van der Waals surface area (Å²) in [5, 5.41) is 6.08. The van der Waals surface area contributed by atoms with Crippen LogP contribution in [0.1, 0.15) is 34.0 Å². The van der Waals surface area contributed by atoms with Crippen molar-refractivity contribution in [3.8, 4) is 11.3 Å². The molecule has 160 valence electrons. The molecule has 0 unspecified atom stereocenters. The Morgan fingerprint density at radius 1 is 0.938 bits per heavy atom. The molecular weight excluding hydrogens is 441 g/mol. The van der Waals surface area contributed by atoms with Crippen LogP contribution in [0.15, 0.2) is 71.8 Å². The number of hydrogen-bond donors (Lipinski definition) is 1. The van der Waals surface area contributed by atoms with Crippen molar-refractivity contribution in [2.24, 2.45) is 5.10 Å². The Hall–Kier alpha value is -3.21. The van der Waals surface area contributed by atoms with E-state index >= 15 is 0 Å². The summed E-state index contributed by atoms with van der Waals surface area (Å²) in [5.74, 6) is -0.326. The van der Waals surface area contributed by atoms with E-state index in [1.165, 1.54) is 0 Å². The smallest absolute Gasteiger partial charge is 0.267 e. The number of pyridine rings is 1. The first kappa shape index (κ1) is 22.0. The molecule has 6 heteroatoms. The third-order valence-corrected chi connectivity index (χ3v) is 5.84. The number of rotatable bonds is 4. The largest absolute Gasteiger partial charge is 0.272 e. The minimum Gasteiger partial charge on any atom is -0.267 e. The van der Waals surface area contributed by atoms with E-state index in [9.17, 15) is 4.79 Å². The Labute approximate surface area is 196 Å². The second kappa shape index (κ2) is 9.11. The number of fused-ring (bicyclic) bond motifs is 1. The zero-order valence-corrected chi connectivity index (χ0v) is 19.4. The number of carbonyl (C=O) groups is 1. The van der Waals surface area contributed by atoms with E-state index in [1.54, 1.807) is 25.1 Å². The average molecular weight is 462 g/mol. The van der Waals surface area contributed by atoms with Gasteiger partial charge in [0.25, 0.3) is 5.91 Å². The monoisotopic (exact) mass is 461 g/mol. The zero-order valence-electron chi connectivity index (χ0n) is 17.9. The number of halogens is 2.